The van der Waals surface area contributed by atoms with Crippen LogP contribution in [0.1, 0.15) is 20.7 Å². The molecule has 4 aromatic rings. The Morgan fingerprint density at radius 1 is 0.862 bits per heavy atom. The maximum atomic E-state index is 12.3. The van der Waals surface area contributed by atoms with Crippen molar-refractivity contribution in [2.24, 2.45) is 0 Å². The number of methoxy groups -OCH3 is 2. The Labute approximate surface area is 177 Å². The fourth-order valence-electron chi connectivity index (χ4n) is 3.02. The second-order valence-corrected chi connectivity index (χ2v) is 8.05. The van der Waals surface area contributed by atoms with Crippen LogP contribution >= 0.6 is 22.7 Å². The average Bonchev–Trinajstić information content (AvgIpc) is 3.46. The number of thiophene rings is 2. The van der Waals surface area contributed by atoms with Gasteiger partial charge < -0.3 is 9.47 Å². The number of rotatable bonds is 4. The summed E-state index contributed by atoms with van der Waals surface area (Å²) in [6.45, 7) is 0. The first kappa shape index (κ1) is 20.9. The lowest BCUT2D eigenvalue weighted by molar-refractivity contribution is 0.0601. The standard InChI is InChI=1S/C21H14O3S2.C2H6O/c1-24-21(23)18-11-14-9-16(19-4-2-6-25-19)15(12-22)8-13(14)10-17(18)20-5-3-7-26-20;1-3-2/h2-12H,1H3;1-2H3. The van der Waals surface area contributed by atoms with Gasteiger partial charge in [-0.15, -0.1) is 22.7 Å². The molecule has 2 aromatic carbocycles. The van der Waals surface area contributed by atoms with Crippen molar-refractivity contribution in [2.75, 3.05) is 21.3 Å². The van der Waals surface area contributed by atoms with Crippen LogP contribution in [0.4, 0.5) is 0 Å². The largest absolute Gasteiger partial charge is 0.465 e. The number of carbonyl (C=O) groups excluding carboxylic acids is 2. The third-order valence-electron chi connectivity index (χ3n) is 4.25. The van der Waals surface area contributed by atoms with Gasteiger partial charge in [0.25, 0.3) is 0 Å². The molecule has 29 heavy (non-hydrogen) atoms. The number of benzene rings is 2. The van der Waals surface area contributed by atoms with Crippen molar-refractivity contribution in [1.82, 2.24) is 0 Å². The lowest BCUT2D eigenvalue weighted by atomic mass is 9.95. The third-order valence-corrected chi connectivity index (χ3v) is 6.06. The van der Waals surface area contributed by atoms with Crippen molar-refractivity contribution in [3.63, 3.8) is 0 Å². The summed E-state index contributed by atoms with van der Waals surface area (Å²) in [5, 5.41) is 5.77. The first-order valence-electron chi connectivity index (χ1n) is 8.76. The maximum Gasteiger partial charge on any atom is 0.338 e. The minimum Gasteiger partial charge on any atom is -0.465 e. The Hall–Kier alpha value is -2.80. The summed E-state index contributed by atoms with van der Waals surface area (Å²) >= 11 is 3.14. The lowest BCUT2D eigenvalue weighted by Gasteiger charge is -2.11. The molecular weight excluding hydrogens is 404 g/mol. The van der Waals surface area contributed by atoms with E-state index in [9.17, 15) is 9.59 Å². The Morgan fingerprint density at radius 2 is 1.41 bits per heavy atom. The highest BCUT2D eigenvalue weighted by Gasteiger charge is 2.17. The number of hydrogen-bond donors (Lipinski definition) is 0. The van der Waals surface area contributed by atoms with Crippen LogP contribution in [-0.2, 0) is 9.47 Å². The van der Waals surface area contributed by atoms with E-state index in [-0.39, 0.29) is 5.97 Å². The van der Waals surface area contributed by atoms with Crippen molar-refractivity contribution in [3.8, 4) is 20.9 Å². The molecule has 0 saturated heterocycles. The van der Waals surface area contributed by atoms with Gasteiger partial charge in [-0.25, -0.2) is 4.79 Å². The minimum atomic E-state index is -0.368. The first-order chi connectivity index (χ1) is 14.1. The highest BCUT2D eigenvalue weighted by Crippen LogP contribution is 2.36. The Kier molecular flexibility index (Phi) is 6.93. The number of aldehydes is 1. The van der Waals surface area contributed by atoms with E-state index in [1.54, 1.807) is 36.9 Å². The van der Waals surface area contributed by atoms with Gasteiger partial charge in [-0.05, 0) is 57.9 Å². The van der Waals surface area contributed by atoms with Gasteiger partial charge in [0.15, 0.2) is 6.29 Å². The van der Waals surface area contributed by atoms with E-state index in [4.69, 9.17) is 4.74 Å². The molecule has 148 valence electrons. The fourth-order valence-corrected chi connectivity index (χ4v) is 4.55. The molecule has 2 heterocycles. The topological polar surface area (TPSA) is 52.6 Å². The summed E-state index contributed by atoms with van der Waals surface area (Å²) in [6, 6.07) is 15.5. The van der Waals surface area contributed by atoms with Crippen molar-refractivity contribution in [2.45, 2.75) is 0 Å². The molecule has 0 unspecified atom stereocenters. The van der Waals surface area contributed by atoms with Crippen LogP contribution in [0, 0.1) is 0 Å². The number of fused-ring (bicyclic) bond motifs is 1. The molecule has 0 amide bonds. The van der Waals surface area contributed by atoms with Crippen LogP contribution in [-0.4, -0.2) is 33.6 Å². The van der Waals surface area contributed by atoms with Gasteiger partial charge in [0, 0.05) is 40.7 Å². The molecule has 0 bridgehead atoms. The van der Waals surface area contributed by atoms with Crippen LogP contribution in [0.25, 0.3) is 31.7 Å². The molecule has 4 nitrogen and oxygen atoms in total. The zero-order chi connectivity index (χ0) is 20.8. The predicted octanol–water partition coefficient (Wildman–Crippen LogP) is 6.16. The van der Waals surface area contributed by atoms with Crippen LogP contribution in [0.5, 0.6) is 0 Å². The number of esters is 1. The second-order valence-electron chi connectivity index (χ2n) is 6.16. The molecule has 6 heteroatoms. The van der Waals surface area contributed by atoms with Crippen molar-refractivity contribution < 1.29 is 19.1 Å². The van der Waals surface area contributed by atoms with E-state index < -0.39 is 0 Å². The monoisotopic (exact) mass is 424 g/mol. The molecule has 0 aliphatic rings. The van der Waals surface area contributed by atoms with E-state index in [1.807, 2.05) is 59.3 Å². The quantitative estimate of drug-likeness (QED) is 0.291. The van der Waals surface area contributed by atoms with E-state index in [1.165, 1.54) is 7.11 Å². The summed E-state index contributed by atoms with van der Waals surface area (Å²) in [5.41, 5.74) is 2.86. The summed E-state index contributed by atoms with van der Waals surface area (Å²) in [4.78, 5) is 26.0. The maximum absolute atomic E-state index is 12.3. The molecule has 0 radical (unpaired) electrons. The molecule has 0 saturated carbocycles. The average molecular weight is 425 g/mol. The molecule has 0 atom stereocenters. The third kappa shape index (κ3) is 4.45. The van der Waals surface area contributed by atoms with Crippen molar-refractivity contribution in [3.05, 3.63) is 70.4 Å². The van der Waals surface area contributed by atoms with Gasteiger partial charge in [-0.1, -0.05) is 12.1 Å². The zero-order valence-corrected chi connectivity index (χ0v) is 17.9. The van der Waals surface area contributed by atoms with Gasteiger partial charge in [-0.2, -0.15) is 0 Å². The van der Waals surface area contributed by atoms with Crippen LogP contribution in [0.15, 0.2) is 59.3 Å². The molecule has 0 spiro atoms. The summed E-state index contributed by atoms with van der Waals surface area (Å²) in [7, 11) is 4.64. The highest BCUT2D eigenvalue weighted by molar-refractivity contribution is 7.13. The molecule has 0 fully saturated rings. The summed E-state index contributed by atoms with van der Waals surface area (Å²) in [5.74, 6) is -0.368. The summed E-state index contributed by atoms with van der Waals surface area (Å²) in [6.07, 6.45) is 0.882. The Balaban J connectivity index is 0.000000755. The smallest absolute Gasteiger partial charge is 0.338 e. The van der Waals surface area contributed by atoms with Crippen LogP contribution in [0.2, 0.25) is 0 Å². The molecular formula is C23H20O4S2. The Bertz CT molecular complexity index is 1110. The number of carbonyl (C=O) groups is 2. The Morgan fingerprint density at radius 3 is 1.93 bits per heavy atom. The molecule has 0 aliphatic heterocycles. The van der Waals surface area contributed by atoms with Crippen LogP contribution in [0.3, 0.4) is 0 Å². The van der Waals surface area contributed by atoms with E-state index in [2.05, 4.69) is 4.74 Å². The van der Waals surface area contributed by atoms with Gasteiger partial charge in [-0.3, -0.25) is 4.79 Å². The van der Waals surface area contributed by atoms with Gasteiger partial charge in [0.05, 0.1) is 12.7 Å². The van der Waals surface area contributed by atoms with Crippen molar-refractivity contribution in [1.29, 1.82) is 0 Å². The van der Waals surface area contributed by atoms with Gasteiger partial charge in [0.1, 0.15) is 0 Å². The highest BCUT2D eigenvalue weighted by atomic mass is 32.1. The molecule has 0 aliphatic carbocycles. The minimum absolute atomic E-state index is 0.368. The van der Waals surface area contributed by atoms with Crippen molar-refractivity contribution >= 4 is 45.7 Å². The fraction of sp³-hybridized carbons (Fsp3) is 0.130. The van der Waals surface area contributed by atoms with E-state index >= 15 is 0 Å². The first-order valence-corrected chi connectivity index (χ1v) is 10.5. The van der Waals surface area contributed by atoms with E-state index in [0.717, 1.165) is 37.9 Å². The molecule has 0 N–H and O–H groups in total. The molecule has 4 rings (SSSR count). The zero-order valence-electron chi connectivity index (χ0n) is 16.3. The second kappa shape index (κ2) is 9.60. The van der Waals surface area contributed by atoms with Crippen LogP contribution < -0.4 is 0 Å². The lowest BCUT2D eigenvalue weighted by Crippen LogP contribution is -2.03. The normalized spacial score (nSPS) is 10.3. The van der Waals surface area contributed by atoms with E-state index in [0.29, 0.717) is 11.1 Å². The van der Waals surface area contributed by atoms with Gasteiger partial charge >= 0.3 is 5.97 Å². The SMILES string of the molecule is COC.COC(=O)c1cc2cc(-c3cccs3)c(C=O)cc2cc1-c1cccs1. The number of ether oxygens (including phenoxy) is 2. The predicted molar refractivity (Wildman–Crippen MR) is 120 cm³/mol. The summed E-state index contributed by atoms with van der Waals surface area (Å²) < 4.78 is 9.23. The number of hydrogen-bond acceptors (Lipinski definition) is 6. The van der Waals surface area contributed by atoms with Gasteiger partial charge in [0.2, 0.25) is 0 Å². The molecule has 2 aromatic heterocycles.